The van der Waals surface area contributed by atoms with Crippen LogP contribution in [0.25, 0.3) is 0 Å². The van der Waals surface area contributed by atoms with Gasteiger partial charge >= 0.3 is 5.97 Å². The molecule has 0 atom stereocenters. The minimum absolute atomic E-state index is 0.215. The summed E-state index contributed by atoms with van der Waals surface area (Å²) in [5.41, 5.74) is 5.66. The highest BCUT2D eigenvalue weighted by atomic mass is 16.4. The number of anilines is 1. The van der Waals surface area contributed by atoms with Gasteiger partial charge in [-0.1, -0.05) is 0 Å². The fourth-order valence-electron chi connectivity index (χ4n) is 1.01. The number of carbonyl (C=O) groups is 2. The topological polar surface area (TPSA) is 110 Å². The van der Waals surface area contributed by atoms with E-state index in [1.807, 2.05) is 0 Å². The molecule has 1 heterocycles. The van der Waals surface area contributed by atoms with Gasteiger partial charge in [0, 0.05) is 19.2 Å². The van der Waals surface area contributed by atoms with E-state index in [0.29, 0.717) is 5.69 Å². The summed E-state index contributed by atoms with van der Waals surface area (Å²) in [4.78, 5) is 21.4. The largest absolute Gasteiger partial charge is 0.480 e. The number of nitrogens with one attached hydrogen (secondary N) is 1. The molecule has 0 aromatic carbocycles. The van der Waals surface area contributed by atoms with Gasteiger partial charge < -0.3 is 16.2 Å². The third-order valence-electron chi connectivity index (χ3n) is 1.59. The molecule has 0 saturated heterocycles. The van der Waals surface area contributed by atoms with Gasteiger partial charge in [-0.2, -0.15) is 5.10 Å². The van der Waals surface area contributed by atoms with Crippen molar-refractivity contribution in [2.45, 2.75) is 13.0 Å². The molecule has 0 unspecified atom stereocenters. The Morgan fingerprint density at radius 2 is 2.33 bits per heavy atom. The molecule has 7 nitrogen and oxygen atoms in total. The van der Waals surface area contributed by atoms with Crippen LogP contribution in [0.3, 0.4) is 0 Å². The number of carboxylic acids is 1. The van der Waals surface area contributed by atoms with E-state index in [1.54, 1.807) is 0 Å². The average Bonchev–Trinajstić information content (AvgIpc) is 2.51. The third kappa shape index (κ3) is 3.77. The van der Waals surface area contributed by atoms with Gasteiger partial charge in [0.25, 0.3) is 0 Å². The first-order valence-electron chi connectivity index (χ1n) is 4.36. The number of hydrogen-bond donors (Lipinski definition) is 3. The molecule has 0 spiro atoms. The predicted molar refractivity (Wildman–Crippen MR) is 52.2 cm³/mol. The average molecular weight is 212 g/mol. The Balaban J connectivity index is 2.52. The molecule has 0 radical (unpaired) electrons. The summed E-state index contributed by atoms with van der Waals surface area (Å²) < 4.78 is 1.22. The Bertz CT molecular complexity index is 361. The lowest BCUT2D eigenvalue weighted by atomic mass is 10.4. The van der Waals surface area contributed by atoms with Gasteiger partial charge in [0.15, 0.2) is 0 Å². The second kappa shape index (κ2) is 5.11. The minimum Gasteiger partial charge on any atom is -0.480 e. The fourth-order valence-corrected chi connectivity index (χ4v) is 1.01. The Morgan fingerprint density at radius 1 is 1.60 bits per heavy atom. The molecular formula is C8H12N4O3. The number of aromatic nitrogens is 2. The maximum atomic E-state index is 11.1. The predicted octanol–water partition coefficient (Wildman–Crippen LogP) is -0.745. The van der Waals surface area contributed by atoms with E-state index < -0.39 is 5.97 Å². The molecule has 0 aliphatic heterocycles. The van der Waals surface area contributed by atoms with Crippen LogP contribution in [-0.4, -0.2) is 33.3 Å². The van der Waals surface area contributed by atoms with E-state index in [9.17, 15) is 9.59 Å². The molecule has 1 aromatic rings. The third-order valence-corrected chi connectivity index (χ3v) is 1.59. The number of nitrogens with two attached hydrogens (primary N) is 1. The Labute approximate surface area is 85.9 Å². The highest BCUT2D eigenvalue weighted by Crippen LogP contribution is 2.04. The molecule has 1 aromatic heterocycles. The lowest BCUT2D eigenvalue weighted by Crippen LogP contribution is -2.15. The second-order valence-electron chi connectivity index (χ2n) is 2.91. The van der Waals surface area contributed by atoms with Crippen LogP contribution in [-0.2, 0) is 16.1 Å². The molecule has 15 heavy (non-hydrogen) atoms. The van der Waals surface area contributed by atoms with Gasteiger partial charge in [0.2, 0.25) is 5.91 Å². The van der Waals surface area contributed by atoms with Gasteiger partial charge in [-0.05, 0) is 0 Å². The normalized spacial score (nSPS) is 9.93. The summed E-state index contributed by atoms with van der Waals surface area (Å²) in [7, 11) is 0. The molecule has 0 aliphatic carbocycles. The smallest absolute Gasteiger partial charge is 0.325 e. The van der Waals surface area contributed by atoms with Crippen LogP contribution in [0.2, 0.25) is 0 Å². The molecule has 0 aliphatic rings. The van der Waals surface area contributed by atoms with Crippen molar-refractivity contribution in [1.82, 2.24) is 9.78 Å². The molecule has 4 N–H and O–H groups in total. The first-order valence-corrected chi connectivity index (χ1v) is 4.36. The quantitative estimate of drug-likeness (QED) is 0.595. The van der Waals surface area contributed by atoms with Crippen molar-refractivity contribution >= 4 is 17.6 Å². The van der Waals surface area contributed by atoms with Crippen LogP contribution in [0.1, 0.15) is 6.42 Å². The summed E-state index contributed by atoms with van der Waals surface area (Å²) in [5.74, 6) is -1.20. The number of rotatable bonds is 5. The zero-order valence-electron chi connectivity index (χ0n) is 8.01. The van der Waals surface area contributed by atoms with Crippen molar-refractivity contribution in [3.8, 4) is 0 Å². The van der Waals surface area contributed by atoms with Crippen LogP contribution >= 0.6 is 0 Å². The summed E-state index contributed by atoms with van der Waals surface area (Å²) >= 11 is 0. The van der Waals surface area contributed by atoms with Crippen molar-refractivity contribution in [2.75, 3.05) is 11.9 Å². The SMILES string of the molecule is NCCC(=O)Nc1cnn(CC(=O)O)c1. The first-order chi connectivity index (χ1) is 7.11. The van der Waals surface area contributed by atoms with Crippen molar-refractivity contribution in [3.05, 3.63) is 12.4 Å². The molecule has 82 valence electrons. The molecule has 0 bridgehead atoms. The molecule has 0 saturated carbocycles. The van der Waals surface area contributed by atoms with Gasteiger partial charge in [-0.3, -0.25) is 14.3 Å². The van der Waals surface area contributed by atoms with Gasteiger partial charge in [0.1, 0.15) is 6.54 Å². The zero-order chi connectivity index (χ0) is 11.3. The highest BCUT2D eigenvalue weighted by molar-refractivity contribution is 5.90. The molecule has 7 heteroatoms. The lowest BCUT2D eigenvalue weighted by Gasteiger charge is -1.99. The number of carbonyl (C=O) groups excluding carboxylic acids is 1. The maximum absolute atomic E-state index is 11.1. The number of nitrogens with zero attached hydrogens (tertiary/aromatic N) is 2. The van der Waals surface area contributed by atoms with Crippen LogP contribution in [0, 0.1) is 0 Å². The van der Waals surface area contributed by atoms with Gasteiger partial charge in [-0.25, -0.2) is 0 Å². The highest BCUT2D eigenvalue weighted by Gasteiger charge is 2.05. The minimum atomic E-state index is -0.988. The van der Waals surface area contributed by atoms with Crippen molar-refractivity contribution in [3.63, 3.8) is 0 Å². The number of hydrogen-bond acceptors (Lipinski definition) is 4. The van der Waals surface area contributed by atoms with E-state index >= 15 is 0 Å². The zero-order valence-corrected chi connectivity index (χ0v) is 8.01. The van der Waals surface area contributed by atoms with E-state index in [1.165, 1.54) is 17.1 Å². The maximum Gasteiger partial charge on any atom is 0.325 e. The monoisotopic (exact) mass is 212 g/mol. The van der Waals surface area contributed by atoms with Gasteiger partial charge in [-0.15, -0.1) is 0 Å². The number of aliphatic carboxylic acids is 1. The summed E-state index contributed by atoms with van der Waals surface area (Å²) in [6.07, 6.45) is 3.06. The molecule has 0 fully saturated rings. The van der Waals surface area contributed by atoms with Crippen LogP contribution in [0.15, 0.2) is 12.4 Å². The molecule has 1 rings (SSSR count). The van der Waals surface area contributed by atoms with E-state index in [2.05, 4.69) is 10.4 Å². The summed E-state index contributed by atoms with van der Waals surface area (Å²) in [6.45, 7) is 0.0435. The molecule has 1 amide bonds. The first kappa shape index (κ1) is 11.2. The number of carboxylic acid groups (broad SMARTS) is 1. The van der Waals surface area contributed by atoms with Crippen molar-refractivity contribution in [1.29, 1.82) is 0 Å². The Hall–Kier alpha value is -1.89. The van der Waals surface area contributed by atoms with E-state index in [4.69, 9.17) is 10.8 Å². The van der Waals surface area contributed by atoms with E-state index in [-0.39, 0.29) is 25.4 Å². The summed E-state index contributed by atoms with van der Waals surface area (Å²) in [5, 5.41) is 14.8. The summed E-state index contributed by atoms with van der Waals surface area (Å²) in [6, 6.07) is 0. The van der Waals surface area contributed by atoms with Crippen molar-refractivity contribution in [2.24, 2.45) is 5.73 Å². The van der Waals surface area contributed by atoms with E-state index in [0.717, 1.165) is 0 Å². The Kier molecular flexibility index (Phi) is 3.81. The number of amides is 1. The fraction of sp³-hybridized carbons (Fsp3) is 0.375. The van der Waals surface area contributed by atoms with Gasteiger partial charge in [0.05, 0.1) is 11.9 Å². The van der Waals surface area contributed by atoms with Crippen molar-refractivity contribution < 1.29 is 14.7 Å². The second-order valence-corrected chi connectivity index (χ2v) is 2.91. The lowest BCUT2D eigenvalue weighted by molar-refractivity contribution is -0.137. The van der Waals surface area contributed by atoms with Crippen LogP contribution in [0.4, 0.5) is 5.69 Å². The van der Waals surface area contributed by atoms with Crippen LogP contribution in [0.5, 0.6) is 0 Å². The standard InChI is InChI=1S/C8H12N4O3/c9-2-1-7(13)11-6-3-10-12(4-6)5-8(14)15/h3-4H,1-2,5,9H2,(H,11,13)(H,14,15). The van der Waals surface area contributed by atoms with Crippen LogP contribution < -0.4 is 11.1 Å². The Morgan fingerprint density at radius 3 is 2.93 bits per heavy atom. The molecular weight excluding hydrogens is 200 g/mol.